The predicted octanol–water partition coefficient (Wildman–Crippen LogP) is 2.32. The summed E-state index contributed by atoms with van der Waals surface area (Å²) in [5.41, 5.74) is -0.271. The maximum absolute atomic E-state index is 12.0. The number of amides is 2. The first-order valence-electron chi connectivity index (χ1n) is 7.37. The minimum absolute atomic E-state index is 0.101. The maximum atomic E-state index is 12.0. The standard InChI is InChI=1S/C16H24N2O3/c1-12(13(2)21-14-7-5-4-6-8-14)17-15(19)18-16(3)9-10-20-11-16/h4-8,12-13H,9-11H2,1-3H3,(H2,17,18,19)/t12-,13+,16-/m0/s1. The van der Waals surface area contributed by atoms with Crippen LogP contribution in [0.1, 0.15) is 27.2 Å². The Balaban J connectivity index is 1.80. The molecule has 0 bridgehead atoms. The number of benzene rings is 1. The molecule has 2 N–H and O–H groups in total. The molecule has 0 radical (unpaired) electrons. The lowest BCUT2D eigenvalue weighted by molar-refractivity contribution is 0.161. The molecule has 2 amide bonds. The largest absolute Gasteiger partial charge is 0.489 e. The average Bonchev–Trinajstić information content (AvgIpc) is 2.85. The lowest BCUT2D eigenvalue weighted by Crippen LogP contribution is -2.54. The van der Waals surface area contributed by atoms with Crippen LogP contribution < -0.4 is 15.4 Å². The number of nitrogens with one attached hydrogen (secondary N) is 2. The monoisotopic (exact) mass is 292 g/mol. The van der Waals surface area contributed by atoms with Crippen LogP contribution in [0.2, 0.25) is 0 Å². The molecule has 1 aromatic carbocycles. The van der Waals surface area contributed by atoms with Crippen molar-refractivity contribution in [2.75, 3.05) is 13.2 Å². The fourth-order valence-electron chi connectivity index (χ4n) is 2.22. The minimum atomic E-state index is -0.271. The summed E-state index contributed by atoms with van der Waals surface area (Å²) in [6.45, 7) is 7.12. The normalized spacial score (nSPS) is 24.1. The predicted molar refractivity (Wildman–Crippen MR) is 81.5 cm³/mol. The van der Waals surface area contributed by atoms with Gasteiger partial charge in [0.15, 0.2) is 0 Å². The van der Waals surface area contributed by atoms with Gasteiger partial charge in [0.05, 0.1) is 18.2 Å². The van der Waals surface area contributed by atoms with E-state index in [0.29, 0.717) is 13.2 Å². The van der Waals surface area contributed by atoms with Gasteiger partial charge in [-0.15, -0.1) is 0 Å². The Morgan fingerprint density at radius 1 is 1.33 bits per heavy atom. The Labute approximate surface area is 126 Å². The Bertz CT molecular complexity index is 458. The van der Waals surface area contributed by atoms with Crippen molar-refractivity contribution in [3.8, 4) is 5.75 Å². The van der Waals surface area contributed by atoms with Gasteiger partial charge in [-0.3, -0.25) is 0 Å². The number of para-hydroxylation sites is 1. The highest BCUT2D eigenvalue weighted by atomic mass is 16.5. The van der Waals surface area contributed by atoms with Crippen LogP contribution in [0.25, 0.3) is 0 Å². The molecule has 3 atom stereocenters. The number of ether oxygens (including phenoxy) is 2. The summed E-state index contributed by atoms with van der Waals surface area (Å²) in [6, 6.07) is 9.31. The lowest BCUT2D eigenvalue weighted by Gasteiger charge is -2.27. The molecule has 1 heterocycles. The van der Waals surface area contributed by atoms with Crippen LogP contribution in [0, 0.1) is 0 Å². The fraction of sp³-hybridized carbons (Fsp3) is 0.562. The molecule has 1 aliphatic heterocycles. The maximum Gasteiger partial charge on any atom is 0.315 e. The molecule has 0 unspecified atom stereocenters. The van der Waals surface area contributed by atoms with Crippen LogP contribution in [-0.2, 0) is 4.74 Å². The van der Waals surface area contributed by atoms with Crippen molar-refractivity contribution < 1.29 is 14.3 Å². The van der Waals surface area contributed by atoms with E-state index < -0.39 is 0 Å². The van der Waals surface area contributed by atoms with Crippen LogP contribution in [0.15, 0.2) is 30.3 Å². The van der Waals surface area contributed by atoms with Gasteiger partial charge in [-0.05, 0) is 39.3 Å². The summed E-state index contributed by atoms with van der Waals surface area (Å²) in [4.78, 5) is 12.0. The number of carbonyl (C=O) groups is 1. The Kier molecular flexibility index (Phi) is 5.07. The number of carbonyl (C=O) groups excluding carboxylic acids is 1. The molecule has 116 valence electrons. The van der Waals surface area contributed by atoms with Crippen molar-refractivity contribution in [2.45, 2.75) is 44.9 Å². The second-order valence-corrected chi connectivity index (χ2v) is 5.89. The summed E-state index contributed by atoms with van der Waals surface area (Å²) in [5, 5.41) is 5.90. The van der Waals surface area contributed by atoms with E-state index in [1.165, 1.54) is 0 Å². The van der Waals surface area contributed by atoms with E-state index in [9.17, 15) is 4.79 Å². The number of rotatable bonds is 5. The SMILES string of the molecule is C[C@H](NC(=O)N[C@@]1(C)CCOC1)[C@@H](C)Oc1ccccc1. The molecule has 1 fully saturated rings. The van der Waals surface area contributed by atoms with Gasteiger partial charge in [-0.1, -0.05) is 18.2 Å². The number of hydrogen-bond acceptors (Lipinski definition) is 3. The molecule has 1 aliphatic rings. The third-order valence-corrected chi connectivity index (χ3v) is 3.76. The highest BCUT2D eigenvalue weighted by molar-refractivity contribution is 5.75. The molecule has 0 aliphatic carbocycles. The van der Waals surface area contributed by atoms with Crippen LogP contribution >= 0.6 is 0 Å². The second-order valence-electron chi connectivity index (χ2n) is 5.89. The zero-order valence-corrected chi connectivity index (χ0v) is 12.9. The molecule has 2 rings (SSSR count). The van der Waals surface area contributed by atoms with Crippen molar-refractivity contribution >= 4 is 6.03 Å². The van der Waals surface area contributed by atoms with Crippen LogP contribution in [0.4, 0.5) is 4.79 Å². The molecule has 0 spiro atoms. The van der Waals surface area contributed by atoms with E-state index in [2.05, 4.69) is 10.6 Å². The van der Waals surface area contributed by atoms with Gasteiger partial charge in [0, 0.05) is 6.61 Å². The molecule has 0 saturated carbocycles. The lowest BCUT2D eigenvalue weighted by atomic mass is 10.0. The summed E-state index contributed by atoms with van der Waals surface area (Å²) < 4.78 is 11.1. The molecule has 5 heteroatoms. The molecule has 1 aromatic rings. The van der Waals surface area contributed by atoms with E-state index in [-0.39, 0.29) is 23.7 Å². The number of urea groups is 1. The van der Waals surface area contributed by atoms with Crippen molar-refractivity contribution in [1.29, 1.82) is 0 Å². The van der Waals surface area contributed by atoms with Crippen molar-refractivity contribution in [1.82, 2.24) is 10.6 Å². The van der Waals surface area contributed by atoms with E-state index >= 15 is 0 Å². The highest BCUT2D eigenvalue weighted by Gasteiger charge is 2.31. The summed E-state index contributed by atoms with van der Waals surface area (Å²) in [6.07, 6.45) is 0.719. The Hall–Kier alpha value is -1.75. The van der Waals surface area contributed by atoms with Gasteiger partial charge in [0.25, 0.3) is 0 Å². The zero-order chi connectivity index (χ0) is 15.3. The minimum Gasteiger partial charge on any atom is -0.489 e. The van der Waals surface area contributed by atoms with Crippen LogP contribution in [0.5, 0.6) is 5.75 Å². The Morgan fingerprint density at radius 2 is 2.05 bits per heavy atom. The molecule has 5 nitrogen and oxygen atoms in total. The molecule has 21 heavy (non-hydrogen) atoms. The van der Waals surface area contributed by atoms with Crippen molar-refractivity contribution in [3.63, 3.8) is 0 Å². The van der Waals surface area contributed by atoms with E-state index in [0.717, 1.165) is 12.2 Å². The first-order chi connectivity index (χ1) is 9.98. The first kappa shape index (κ1) is 15.6. The third-order valence-electron chi connectivity index (χ3n) is 3.76. The first-order valence-corrected chi connectivity index (χ1v) is 7.37. The molecular formula is C16H24N2O3. The van der Waals surface area contributed by atoms with E-state index in [1.807, 2.05) is 51.1 Å². The van der Waals surface area contributed by atoms with Crippen molar-refractivity contribution in [3.05, 3.63) is 30.3 Å². The summed E-state index contributed by atoms with van der Waals surface area (Å²) in [7, 11) is 0. The van der Waals surface area contributed by atoms with Gasteiger partial charge >= 0.3 is 6.03 Å². The molecular weight excluding hydrogens is 268 g/mol. The highest BCUT2D eigenvalue weighted by Crippen LogP contribution is 2.17. The molecule has 0 aromatic heterocycles. The van der Waals surface area contributed by atoms with E-state index in [4.69, 9.17) is 9.47 Å². The van der Waals surface area contributed by atoms with Gasteiger partial charge in [0.1, 0.15) is 11.9 Å². The average molecular weight is 292 g/mol. The zero-order valence-electron chi connectivity index (χ0n) is 12.9. The van der Waals surface area contributed by atoms with Crippen LogP contribution in [0.3, 0.4) is 0 Å². The number of hydrogen-bond donors (Lipinski definition) is 2. The summed E-state index contributed by atoms with van der Waals surface area (Å²) in [5.74, 6) is 0.801. The van der Waals surface area contributed by atoms with Gasteiger partial charge in [0.2, 0.25) is 0 Å². The van der Waals surface area contributed by atoms with Gasteiger partial charge in [-0.25, -0.2) is 4.79 Å². The Morgan fingerprint density at radius 3 is 2.67 bits per heavy atom. The van der Waals surface area contributed by atoms with Crippen LogP contribution in [-0.4, -0.2) is 36.9 Å². The summed E-state index contributed by atoms with van der Waals surface area (Å²) >= 11 is 0. The second kappa shape index (κ2) is 6.80. The topological polar surface area (TPSA) is 59.6 Å². The third kappa shape index (κ3) is 4.63. The van der Waals surface area contributed by atoms with Gasteiger partial charge < -0.3 is 20.1 Å². The van der Waals surface area contributed by atoms with Crippen molar-refractivity contribution in [2.24, 2.45) is 0 Å². The smallest absolute Gasteiger partial charge is 0.315 e. The molecule has 1 saturated heterocycles. The van der Waals surface area contributed by atoms with E-state index in [1.54, 1.807) is 0 Å². The van der Waals surface area contributed by atoms with Gasteiger partial charge in [-0.2, -0.15) is 0 Å². The fourth-order valence-corrected chi connectivity index (χ4v) is 2.22. The quantitative estimate of drug-likeness (QED) is 0.875.